The number of ether oxygens (including phenoxy) is 3. The Morgan fingerprint density at radius 3 is 2.40 bits per heavy atom. The van der Waals surface area contributed by atoms with Gasteiger partial charge in [-0.25, -0.2) is 14.4 Å². The third-order valence-corrected chi connectivity index (χ3v) is 5.03. The van der Waals surface area contributed by atoms with E-state index in [-0.39, 0.29) is 11.0 Å². The molecule has 1 aliphatic heterocycles. The number of hydrogen-bond donors (Lipinski definition) is 1. The van der Waals surface area contributed by atoms with E-state index in [1.807, 2.05) is 0 Å². The summed E-state index contributed by atoms with van der Waals surface area (Å²) in [5.41, 5.74) is -0.659. The largest absolute Gasteiger partial charge is 0.467 e. The van der Waals surface area contributed by atoms with Crippen molar-refractivity contribution in [2.24, 2.45) is 0 Å². The van der Waals surface area contributed by atoms with E-state index in [0.29, 0.717) is 19.4 Å². The standard InChI is InChI=1S/C16H27NO7S/c1-16(2,3)24-15(21)17-7-6-10(8-11(17)13(19)22-4)25-9-12(18)14(20)23-5/h10-12,18H,6-9H2,1-5H3/t10-,11-,12+/m1/s1. The first-order valence-corrected chi connectivity index (χ1v) is 9.09. The normalized spacial score (nSPS) is 22.1. The predicted molar refractivity (Wildman–Crippen MR) is 92.2 cm³/mol. The molecule has 0 bridgehead atoms. The number of aliphatic hydroxyl groups excluding tert-OH is 1. The van der Waals surface area contributed by atoms with Crippen LogP contribution >= 0.6 is 11.8 Å². The molecular weight excluding hydrogens is 350 g/mol. The Labute approximate surface area is 152 Å². The third kappa shape index (κ3) is 6.74. The molecule has 1 aliphatic rings. The highest BCUT2D eigenvalue weighted by molar-refractivity contribution is 7.99. The van der Waals surface area contributed by atoms with Gasteiger partial charge < -0.3 is 19.3 Å². The number of amides is 1. The molecule has 0 saturated carbocycles. The number of methoxy groups -OCH3 is 2. The van der Waals surface area contributed by atoms with Gasteiger partial charge in [0.25, 0.3) is 0 Å². The molecule has 1 heterocycles. The summed E-state index contributed by atoms with van der Waals surface area (Å²) >= 11 is 1.37. The zero-order valence-corrected chi connectivity index (χ0v) is 16.1. The Bertz CT molecular complexity index is 491. The van der Waals surface area contributed by atoms with Crippen molar-refractivity contribution < 1.29 is 33.7 Å². The molecule has 0 spiro atoms. The number of esters is 2. The van der Waals surface area contributed by atoms with Gasteiger partial charge >= 0.3 is 18.0 Å². The lowest BCUT2D eigenvalue weighted by Crippen LogP contribution is -2.52. The average Bonchev–Trinajstić information content (AvgIpc) is 2.56. The van der Waals surface area contributed by atoms with Crippen LogP contribution in [0.25, 0.3) is 0 Å². The molecule has 144 valence electrons. The van der Waals surface area contributed by atoms with Crippen molar-refractivity contribution in [3.63, 3.8) is 0 Å². The topological polar surface area (TPSA) is 102 Å². The van der Waals surface area contributed by atoms with Gasteiger partial charge in [0, 0.05) is 17.5 Å². The van der Waals surface area contributed by atoms with Gasteiger partial charge in [-0.2, -0.15) is 11.8 Å². The van der Waals surface area contributed by atoms with Crippen LogP contribution in [0.3, 0.4) is 0 Å². The fraction of sp³-hybridized carbons (Fsp3) is 0.812. The molecule has 8 nitrogen and oxygen atoms in total. The summed E-state index contributed by atoms with van der Waals surface area (Å²) in [6, 6.07) is -0.749. The minimum Gasteiger partial charge on any atom is -0.467 e. The van der Waals surface area contributed by atoms with Gasteiger partial charge in [0.15, 0.2) is 6.10 Å². The van der Waals surface area contributed by atoms with Crippen molar-refractivity contribution in [2.45, 2.75) is 56.6 Å². The molecule has 0 aromatic rings. The van der Waals surface area contributed by atoms with E-state index >= 15 is 0 Å². The fourth-order valence-corrected chi connectivity index (χ4v) is 3.60. The molecule has 9 heteroatoms. The summed E-state index contributed by atoms with van der Waals surface area (Å²) in [5.74, 6) is -1.04. The Morgan fingerprint density at radius 2 is 1.88 bits per heavy atom. The lowest BCUT2D eigenvalue weighted by Gasteiger charge is -2.38. The van der Waals surface area contributed by atoms with E-state index in [9.17, 15) is 19.5 Å². The second-order valence-corrected chi connectivity index (χ2v) is 8.06. The van der Waals surface area contributed by atoms with Crippen molar-refractivity contribution >= 4 is 29.8 Å². The molecule has 25 heavy (non-hydrogen) atoms. The van der Waals surface area contributed by atoms with Gasteiger partial charge in [-0.05, 0) is 33.6 Å². The van der Waals surface area contributed by atoms with E-state index in [1.165, 1.54) is 30.9 Å². The summed E-state index contributed by atoms with van der Waals surface area (Å²) in [4.78, 5) is 37.0. The van der Waals surface area contributed by atoms with Crippen molar-refractivity contribution in [3.8, 4) is 0 Å². The minimum absolute atomic E-state index is 0.00194. The van der Waals surface area contributed by atoms with Crippen molar-refractivity contribution in [1.82, 2.24) is 4.90 Å². The highest BCUT2D eigenvalue weighted by atomic mass is 32.2. The van der Waals surface area contributed by atoms with Crippen molar-refractivity contribution in [3.05, 3.63) is 0 Å². The first kappa shape index (κ1) is 21.6. The molecule has 0 aromatic carbocycles. The van der Waals surface area contributed by atoms with Gasteiger partial charge in [0.05, 0.1) is 14.2 Å². The van der Waals surface area contributed by atoms with E-state index in [0.717, 1.165) is 0 Å². The van der Waals surface area contributed by atoms with Crippen molar-refractivity contribution in [1.29, 1.82) is 0 Å². The maximum absolute atomic E-state index is 12.3. The third-order valence-electron chi connectivity index (χ3n) is 3.62. The second kappa shape index (κ2) is 9.28. The quantitative estimate of drug-likeness (QED) is 0.563. The van der Waals surface area contributed by atoms with Gasteiger partial charge in [-0.15, -0.1) is 0 Å². The highest BCUT2D eigenvalue weighted by Crippen LogP contribution is 2.29. The van der Waals surface area contributed by atoms with Crippen LogP contribution in [0.4, 0.5) is 4.79 Å². The first-order valence-electron chi connectivity index (χ1n) is 8.04. The molecule has 1 rings (SSSR count). The number of nitrogens with zero attached hydrogens (tertiary/aromatic N) is 1. The van der Waals surface area contributed by atoms with Crippen LogP contribution in [0.5, 0.6) is 0 Å². The summed E-state index contributed by atoms with van der Waals surface area (Å²) in [7, 11) is 2.48. The molecular formula is C16H27NO7S. The molecule has 1 fully saturated rings. The van der Waals surface area contributed by atoms with Crippen LogP contribution < -0.4 is 0 Å². The molecule has 1 amide bonds. The van der Waals surface area contributed by atoms with Crippen LogP contribution in [-0.2, 0) is 23.8 Å². The van der Waals surface area contributed by atoms with E-state index in [4.69, 9.17) is 9.47 Å². The van der Waals surface area contributed by atoms with Crippen molar-refractivity contribution in [2.75, 3.05) is 26.5 Å². The predicted octanol–water partition coefficient (Wildman–Crippen LogP) is 1.19. The maximum atomic E-state index is 12.3. The molecule has 0 aromatic heterocycles. The molecule has 0 radical (unpaired) electrons. The Morgan fingerprint density at radius 1 is 1.24 bits per heavy atom. The van der Waals surface area contributed by atoms with Gasteiger partial charge in [0.1, 0.15) is 11.6 Å². The maximum Gasteiger partial charge on any atom is 0.411 e. The molecule has 1 N–H and O–H groups in total. The highest BCUT2D eigenvalue weighted by Gasteiger charge is 2.39. The van der Waals surface area contributed by atoms with E-state index < -0.39 is 35.8 Å². The molecule has 3 atom stereocenters. The summed E-state index contributed by atoms with van der Waals surface area (Å²) in [6.07, 6.45) is -0.785. The number of carbonyl (C=O) groups is 3. The zero-order chi connectivity index (χ0) is 19.2. The Hall–Kier alpha value is -1.48. The van der Waals surface area contributed by atoms with Crippen LogP contribution in [-0.4, -0.2) is 77.6 Å². The summed E-state index contributed by atoms with van der Waals surface area (Å²) < 4.78 is 14.6. The summed E-state index contributed by atoms with van der Waals surface area (Å²) in [5, 5.41) is 9.67. The monoisotopic (exact) mass is 377 g/mol. The number of carbonyl (C=O) groups excluding carboxylic acids is 3. The number of piperidine rings is 1. The average molecular weight is 377 g/mol. The number of likely N-dealkylation sites (tertiary alicyclic amines) is 1. The lowest BCUT2D eigenvalue weighted by molar-refractivity contribution is -0.149. The van der Waals surface area contributed by atoms with E-state index in [2.05, 4.69) is 4.74 Å². The van der Waals surface area contributed by atoms with Gasteiger partial charge in [0.2, 0.25) is 0 Å². The van der Waals surface area contributed by atoms with E-state index in [1.54, 1.807) is 20.8 Å². The lowest BCUT2D eigenvalue weighted by atomic mass is 10.0. The SMILES string of the molecule is COC(=O)[C@H]1C[C@H](SC[C@H](O)C(=O)OC)CCN1C(=O)OC(C)(C)C. The van der Waals surface area contributed by atoms with Crippen LogP contribution in [0.1, 0.15) is 33.6 Å². The Kier molecular flexibility index (Phi) is 8.01. The van der Waals surface area contributed by atoms with Gasteiger partial charge in [-0.1, -0.05) is 0 Å². The molecule has 1 saturated heterocycles. The van der Waals surface area contributed by atoms with Crippen LogP contribution in [0, 0.1) is 0 Å². The minimum atomic E-state index is -1.21. The zero-order valence-electron chi connectivity index (χ0n) is 15.3. The molecule has 0 unspecified atom stereocenters. The van der Waals surface area contributed by atoms with Crippen LogP contribution in [0.15, 0.2) is 0 Å². The fourth-order valence-electron chi connectivity index (χ4n) is 2.41. The summed E-state index contributed by atoms with van der Waals surface area (Å²) in [6.45, 7) is 5.61. The Balaban J connectivity index is 2.71. The first-order chi connectivity index (χ1) is 11.6. The smallest absolute Gasteiger partial charge is 0.411 e. The second-order valence-electron chi connectivity index (χ2n) is 6.73. The number of aliphatic hydroxyl groups is 1. The molecule has 0 aliphatic carbocycles. The van der Waals surface area contributed by atoms with Gasteiger partial charge in [-0.3, -0.25) is 4.90 Å². The van der Waals surface area contributed by atoms with Crippen LogP contribution in [0.2, 0.25) is 0 Å². The number of thioether (sulfide) groups is 1. The number of hydrogen-bond acceptors (Lipinski definition) is 8. The number of rotatable bonds is 5.